The summed E-state index contributed by atoms with van der Waals surface area (Å²) in [5, 5.41) is 3.84. The number of alkyl halides is 2. The molecule has 2 aromatic rings. The van der Waals surface area contributed by atoms with Crippen molar-refractivity contribution in [1.82, 2.24) is 20.0 Å². The van der Waals surface area contributed by atoms with Crippen LogP contribution in [0, 0.1) is 6.92 Å². The zero-order valence-electron chi connectivity index (χ0n) is 12.3. The number of rotatable bonds is 3. The van der Waals surface area contributed by atoms with E-state index in [0.717, 1.165) is 24.1 Å². The van der Waals surface area contributed by atoms with Crippen LogP contribution in [0.3, 0.4) is 0 Å². The largest absolute Gasteiger partial charge is 0.438 e. The molecule has 23 heavy (non-hydrogen) atoms. The molecule has 7 nitrogen and oxygen atoms in total. The number of aryl methyl sites for hydroxylation is 1. The van der Waals surface area contributed by atoms with Crippen molar-refractivity contribution < 1.29 is 22.5 Å². The maximum Gasteiger partial charge on any atom is 0.292 e. The van der Waals surface area contributed by atoms with Gasteiger partial charge in [0, 0.05) is 12.3 Å². The summed E-state index contributed by atoms with van der Waals surface area (Å²) in [7, 11) is 0. The van der Waals surface area contributed by atoms with Gasteiger partial charge < -0.3 is 13.8 Å². The molecular formula is C14H14F2N4O3. The van der Waals surface area contributed by atoms with Crippen LogP contribution in [0.4, 0.5) is 8.78 Å². The fourth-order valence-corrected chi connectivity index (χ4v) is 2.78. The van der Waals surface area contributed by atoms with E-state index in [0.29, 0.717) is 11.5 Å². The predicted molar refractivity (Wildman–Crippen MR) is 70.9 cm³/mol. The van der Waals surface area contributed by atoms with E-state index in [1.165, 1.54) is 0 Å². The highest BCUT2D eigenvalue weighted by molar-refractivity contribution is 5.92. The Hall–Kier alpha value is -2.32. The van der Waals surface area contributed by atoms with Crippen LogP contribution < -0.4 is 0 Å². The molecule has 1 saturated carbocycles. The second kappa shape index (κ2) is 4.84. The van der Waals surface area contributed by atoms with E-state index in [1.54, 1.807) is 6.92 Å². The molecule has 1 amide bonds. The molecule has 0 bridgehead atoms. The molecule has 3 heterocycles. The number of hydrogen-bond acceptors (Lipinski definition) is 6. The Morgan fingerprint density at radius 1 is 1.43 bits per heavy atom. The highest BCUT2D eigenvalue weighted by Crippen LogP contribution is 2.43. The average Bonchev–Trinajstić information content (AvgIpc) is 2.94. The second-order valence-corrected chi connectivity index (χ2v) is 6.04. The van der Waals surface area contributed by atoms with E-state index in [-0.39, 0.29) is 17.6 Å². The highest BCUT2D eigenvalue weighted by Gasteiger charge is 2.51. The minimum absolute atomic E-state index is 0.0466. The van der Waals surface area contributed by atoms with E-state index in [4.69, 9.17) is 8.94 Å². The Morgan fingerprint density at radius 3 is 2.87 bits per heavy atom. The van der Waals surface area contributed by atoms with Crippen LogP contribution in [-0.4, -0.2) is 38.4 Å². The summed E-state index contributed by atoms with van der Waals surface area (Å²) < 4.78 is 37.9. The molecule has 1 atom stereocenters. The molecule has 0 aromatic carbocycles. The first kappa shape index (κ1) is 14.3. The molecule has 2 fully saturated rings. The maximum absolute atomic E-state index is 13.9. The number of carbonyl (C=O) groups is 1. The van der Waals surface area contributed by atoms with E-state index < -0.39 is 30.8 Å². The number of halogens is 2. The monoisotopic (exact) mass is 324 g/mol. The molecule has 0 N–H and O–H groups in total. The van der Waals surface area contributed by atoms with Gasteiger partial charge in [-0.25, -0.2) is 13.8 Å². The molecular weight excluding hydrogens is 310 g/mol. The molecule has 2 aromatic heterocycles. The van der Waals surface area contributed by atoms with Crippen molar-refractivity contribution in [3.05, 3.63) is 29.6 Å². The summed E-state index contributed by atoms with van der Waals surface area (Å²) in [5.41, 5.74) is 0.355. The van der Waals surface area contributed by atoms with Crippen LogP contribution in [0.25, 0.3) is 0 Å². The SMILES string of the molecule is Cc1ncoc1C(=O)N1CC(F)(F)C[C@H]1c1nc(C2CC2)no1. The zero-order valence-corrected chi connectivity index (χ0v) is 12.3. The van der Waals surface area contributed by atoms with Gasteiger partial charge in [-0.15, -0.1) is 0 Å². The summed E-state index contributed by atoms with van der Waals surface area (Å²) >= 11 is 0. The number of carbonyl (C=O) groups excluding carboxylic acids is 1. The van der Waals surface area contributed by atoms with Crippen molar-refractivity contribution in [3.8, 4) is 0 Å². The molecule has 0 radical (unpaired) electrons. The predicted octanol–water partition coefficient (Wildman–Crippen LogP) is 2.47. The fraction of sp³-hybridized carbons (Fsp3) is 0.571. The average molecular weight is 324 g/mol. The first-order chi connectivity index (χ1) is 10.9. The maximum atomic E-state index is 13.9. The molecule has 1 saturated heterocycles. The number of hydrogen-bond donors (Lipinski definition) is 0. The van der Waals surface area contributed by atoms with E-state index in [2.05, 4.69) is 15.1 Å². The van der Waals surface area contributed by atoms with Crippen LogP contribution in [-0.2, 0) is 0 Å². The summed E-state index contributed by atoms with van der Waals surface area (Å²) in [6.07, 6.45) is 2.52. The number of nitrogens with zero attached hydrogens (tertiary/aromatic N) is 4. The van der Waals surface area contributed by atoms with Crippen molar-refractivity contribution in [2.45, 2.75) is 44.1 Å². The lowest BCUT2D eigenvalue weighted by Gasteiger charge is -2.19. The van der Waals surface area contributed by atoms with Gasteiger partial charge >= 0.3 is 0 Å². The number of likely N-dealkylation sites (tertiary alicyclic amines) is 1. The van der Waals surface area contributed by atoms with Crippen molar-refractivity contribution in [2.75, 3.05) is 6.54 Å². The summed E-state index contributed by atoms with van der Waals surface area (Å²) in [5.74, 6) is -2.88. The van der Waals surface area contributed by atoms with Gasteiger partial charge in [0.2, 0.25) is 11.7 Å². The smallest absolute Gasteiger partial charge is 0.292 e. The van der Waals surface area contributed by atoms with Crippen LogP contribution in [0.2, 0.25) is 0 Å². The van der Waals surface area contributed by atoms with Crippen LogP contribution in [0.1, 0.15) is 59.2 Å². The van der Waals surface area contributed by atoms with Gasteiger partial charge in [0.15, 0.2) is 12.2 Å². The van der Waals surface area contributed by atoms with Crippen LogP contribution in [0.15, 0.2) is 15.3 Å². The molecule has 2 aliphatic rings. The fourth-order valence-electron chi connectivity index (χ4n) is 2.78. The quantitative estimate of drug-likeness (QED) is 0.862. The minimum atomic E-state index is -3.01. The van der Waals surface area contributed by atoms with Gasteiger partial charge in [-0.3, -0.25) is 4.79 Å². The summed E-state index contributed by atoms with van der Waals surface area (Å²) in [6, 6.07) is -0.956. The van der Waals surface area contributed by atoms with Crippen molar-refractivity contribution in [3.63, 3.8) is 0 Å². The third kappa shape index (κ3) is 2.49. The molecule has 122 valence electrons. The van der Waals surface area contributed by atoms with E-state index in [9.17, 15) is 13.6 Å². The molecule has 9 heteroatoms. The molecule has 1 aliphatic carbocycles. The highest BCUT2D eigenvalue weighted by atomic mass is 19.3. The topological polar surface area (TPSA) is 85.3 Å². The minimum Gasteiger partial charge on any atom is -0.438 e. The molecule has 1 aliphatic heterocycles. The lowest BCUT2D eigenvalue weighted by Crippen LogP contribution is -2.33. The number of oxazole rings is 1. The Labute approximate surface area is 129 Å². The third-order valence-corrected chi connectivity index (χ3v) is 4.16. The van der Waals surface area contributed by atoms with Crippen LogP contribution >= 0.6 is 0 Å². The van der Waals surface area contributed by atoms with E-state index >= 15 is 0 Å². The number of amides is 1. The van der Waals surface area contributed by atoms with Gasteiger partial charge in [0.05, 0.1) is 12.2 Å². The molecule has 4 rings (SSSR count). The Kier molecular flexibility index (Phi) is 3.00. The normalized spacial score (nSPS) is 23.4. The third-order valence-electron chi connectivity index (χ3n) is 4.16. The lowest BCUT2D eigenvalue weighted by molar-refractivity contribution is 0.0113. The summed E-state index contributed by atoms with van der Waals surface area (Å²) in [4.78, 5) is 21.6. The zero-order chi connectivity index (χ0) is 16.2. The van der Waals surface area contributed by atoms with Gasteiger partial charge in [-0.2, -0.15) is 4.98 Å². The number of aromatic nitrogens is 3. The summed E-state index contributed by atoms with van der Waals surface area (Å²) in [6.45, 7) is 0.871. The van der Waals surface area contributed by atoms with Gasteiger partial charge in [-0.1, -0.05) is 5.16 Å². The molecule has 0 spiro atoms. The first-order valence-electron chi connectivity index (χ1n) is 7.37. The van der Waals surface area contributed by atoms with Crippen molar-refractivity contribution in [1.29, 1.82) is 0 Å². The second-order valence-electron chi connectivity index (χ2n) is 6.04. The Bertz CT molecular complexity index is 753. The van der Waals surface area contributed by atoms with Gasteiger partial charge in [0.25, 0.3) is 11.8 Å². The molecule has 0 unspecified atom stereocenters. The Balaban J connectivity index is 1.65. The van der Waals surface area contributed by atoms with Crippen molar-refractivity contribution >= 4 is 5.91 Å². The van der Waals surface area contributed by atoms with Gasteiger partial charge in [0.1, 0.15) is 6.04 Å². The standard InChI is InChI=1S/C14H14F2N4O3/c1-7-10(22-6-17-7)13(21)20-5-14(15,16)4-9(20)12-18-11(19-23-12)8-2-3-8/h6,8-9H,2-5H2,1H3/t9-/m0/s1. The first-order valence-corrected chi connectivity index (χ1v) is 7.37. The van der Waals surface area contributed by atoms with E-state index in [1.807, 2.05) is 0 Å². The Morgan fingerprint density at radius 2 is 2.22 bits per heavy atom. The lowest BCUT2D eigenvalue weighted by atomic mass is 10.2. The van der Waals surface area contributed by atoms with Crippen LogP contribution in [0.5, 0.6) is 0 Å². The van der Waals surface area contributed by atoms with Crippen molar-refractivity contribution in [2.24, 2.45) is 0 Å². The van der Waals surface area contributed by atoms with Gasteiger partial charge in [-0.05, 0) is 19.8 Å².